The van der Waals surface area contributed by atoms with Gasteiger partial charge in [0.15, 0.2) is 0 Å². The molecule has 0 spiro atoms. The average Bonchev–Trinajstić information content (AvgIpc) is 3.12. The van der Waals surface area contributed by atoms with E-state index in [-0.39, 0.29) is 24.1 Å². The van der Waals surface area contributed by atoms with Crippen molar-refractivity contribution in [3.8, 4) is 5.75 Å². The molecule has 0 fully saturated rings. The number of hydrogen-bond donors (Lipinski definition) is 1. The molecule has 0 unspecified atom stereocenters. The highest BCUT2D eigenvalue weighted by Gasteiger charge is 2.32. The van der Waals surface area contributed by atoms with E-state index in [1.165, 1.54) is 0 Å². The van der Waals surface area contributed by atoms with Crippen molar-refractivity contribution in [2.45, 2.75) is 19.0 Å². The number of aromatic nitrogens is 1. The van der Waals surface area contributed by atoms with Gasteiger partial charge in [0.05, 0.1) is 12.5 Å². The number of carbonyl (C=O) groups excluding carboxylic acids is 1. The summed E-state index contributed by atoms with van der Waals surface area (Å²) in [5.41, 5.74) is 2.90. The topological polar surface area (TPSA) is 45.5 Å². The second-order valence-electron chi connectivity index (χ2n) is 6.33. The summed E-state index contributed by atoms with van der Waals surface area (Å²) < 4.78 is 2.21. The van der Waals surface area contributed by atoms with Gasteiger partial charge in [0.2, 0.25) is 5.91 Å². The number of phenolic OH excluding ortho intramolecular Hbond substituents is 1. The van der Waals surface area contributed by atoms with Gasteiger partial charge in [-0.3, -0.25) is 4.79 Å². The predicted molar refractivity (Wildman–Crippen MR) is 96.2 cm³/mol. The number of aromatic hydroxyl groups is 1. The number of carbonyl (C=O) groups is 1. The monoisotopic (exact) mass is 332 g/mol. The van der Waals surface area contributed by atoms with Crippen molar-refractivity contribution in [3.63, 3.8) is 0 Å². The molecule has 1 amide bonds. The maximum atomic E-state index is 13.0. The lowest BCUT2D eigenvalue weighted by molar-refractivity contribution is -0.133. The SMILES string of the molecule is O=C(Cc1ccccc1O)N1CCn2cccc2[C@@H]1c1ccccc1. The fraction of sp³-hybridized carbons (Fsp3) is 0.190. The number of rotatable bonds is 3. The van der Waals surface area contributed by atoms with E-state index in [9.17, 15) is 9.90 Å². The number of phenols is 1. The zero-order chi connectivity index (χ0) is 17.2. The van der Waals surface area contributed by atoms with Gasteiger partial charge in [-0.15, -0.1) is 0 Å². The Hall–Kier alpha value is -3.01. The fourth-order valence-corrected chi connectivity index (χ4v) is 3.56. The van der Waals surface area contributed by atoms with Gasteiger partial charge < -0.3 is 14.6 Å². The van der Waals surface area contributed by atoms with E-state index in [2.05, 4.69) is 29.0 Å². The normalized spacial score (nSPS) is 16.5. The Labute approximate surface area is 146 Å². The summed E-state index contributed by atoms with van der Waals surface area (Å²) in [6.07, 6.45) is 2.27. The van der Waals surface area contributed by atoms with E-state index in [1.807, 2.05) is 35.2 Å². The number of hydrogen-bond acceptors (Lipinski definition) is 2. The standard InChI is InChI=1S/C21H20N2O2/c24-19-11-5-4-9-17(19)15-20(25)23-14-13-22-12-6-10-18(22)21(23)16-7-2-1-3-8-16/h1-12,21,24H,13-15H2/t21-/m0/s1. The molecule has 1 N–H and O–H groups in total. The Morgan fingerprint density at radius 1 is 0.960 bits per heavy atom. The van der Waals surface area contributed by atoms with Crippen LogP contribution in [0.1, 0.15) is 22.9 Å². The third kappa shape index (κ3) is 2.91. The zero-order valence-electron chi connectivity index (χ0n) is 13.9. The third-order valence-electron chi connectivity index (χ3n) is 4.81. The van der Waals surface area contributed by atoms with Crippen LogP contribution in [0.5, 0.6) is 5.75 Å². The van der Waals surface area contributed by atoms with Crippen LogP contribution in [0.3, 0.4) is 0 Å². The van der Waals surface area contributed by atoms with Gasteiger partial charge >= 0.3 is 0 Å². The number of nitrogens with zero attached hydrogens (tertiary/aromatic N) is 2. The molecule has 0 saturated heterocycles. The molecule has 4 nitrogen and oxygen atoms in total. The molecule has 0 aliphatic carbocycles. The van der Waals surface area contributed by atoms with E-state index in [4.69, 9.17) is 0 Å². The average molecular weight is 332 g/mol. The summed E-state index contributed by atoms with van der Waals surface area (Å²) in [6, 6.07) is 21.2. The van der Waals surface area contributed by atoms with Crippen LogP contribution in [0.2, 0.25) is 0 Å². The van der Waals surface area contributed by atoms with Gasteiger partial charge in [-0.2, -0.15) is 0 Å². The van der Waals surface area contributed by atoms with Gasteiger partial charge in [0, 0.05) is 30.5 Å². The quantitative estimate of drug-likeness (QED) is 0.799. The van der Waals surface area contributed by atoms with Crippen LogP contribution >= 0.6 is 0 Å². The van der Waals surface area contributed by atoms with Crippen LogP contribution in [0.4, 0.5) is 0 Å². The predicted octanol–water partition coefficient (Wildman–Crippen LogP) is 3.37. The molecule has 1 aromatic heterocycles. The Balaban J connectivity index is 1.68. The Morgan fingerprint density at radius 2 is 1.72 bits per heavy atom. The van der Waals surface area contributed by atoms with Crippen LogP contribution in [0.25, 0.3) is 0 Å². The summed E-state index contributed by atoms with van der Waals surface area (Å²) in [4.78, 5) is 15.0. The number of fused-ring (bicyclic) bond motifs is 1. The highest BCUT2D eigenvalue weighted by Crippen LogP contribution is 2.33. The van der Waals surface area contributed by atoms with E-state index in [0.29, 0.717) is 12.1 Å². The molecule has 126 valence electrons. The van der Waals surface area contributed by atoms with Crippen molar-refractivity contribution >= 4 is 5.91 Å². The second-order valence-corrected chi connectivity index (χ2v) is 6.33. The number of para-hydroxylation sites is 1. The molecular weight excluding hydrogens is 312 g/mol. The van der Waals surface area contributed by atoms with Gasteiger partial charge in [0.1, 0.15) is 5.75 Å². The van der Waals surface area contributed by atoms with Gasteiger partial charge in [-0.1, -0.05) is 48.5 Å². The van der Waals surface area contributed by atoms with Crippen LogP contribution in [0.15, 0.2) is 72.9 Å². The van der Waals surface area contributed by atoms with Crippen molar-refractivity contribution in [3.05, 3.63) is 89.7 Å². The molecule has 0 radical (unpaired) electrons. The van der Waals surface area contributed by atoms with Gasteiger partial charge in [0.25, 0.3) is 0 Å². The van der Waals surface area contributed by atoms with E-state index in [0.717, 1.165) is 17.8 Å². The summed E-state index contributed by atoms with van der Waals surface area (Å²) in [5, 5.41) is 9.99. The van der Waals surface area contributed by atoms with Crippen LogP contribution in [-0.4, -0.2) is 27.0 Å². The van der Waals surface area contributed by atoms with E-state index in [1.54, 1.807) is 18.2 Å². The summed E-state index contributed by atoms with van der Waals surface area (Å²) in [7, 11) is 0. The maximum absolute atomic E-state index is 13.0. The lowest BCUT2D eigenvalue weighted by Crippen LogP contribution is -2.43. The first kappa shape index (κ1) is 15.5. The molecule has 1 aliphatic rings. The molecule has 2 aromatic carbocycles. The summed E-state index contributed by atoms with van der Waals surface area (Å²) in [5.74, 6) is 0.204. The van der Waals surface area contributed by atoms with Crippen molar-refractivity contribution in [2.75, 3.05) is 6.54 Å². The van der Waals surface area contributed by atoms with Crippen LogP contribution in [-0.2, 0) is 17.8 Å². The van der Waals surface area contributed by atoms with Crippen LogP contribution < -0.4 is 0 Å². The molecule has 4 rings (SSSR count). The van der Waals surface area contributed by atoms with Crippen molar-refractivity contribution in [1.82, 2.24) is 9.47 Å². The molecule has 2 heterocycles. The van der Waals surface area contributed by atoms with Crippen molar-refractivity contribution in [2.24, 2.45) is 0 Å². The lowest BCUT2D eigenvalue weighted by atomic mass is 9.99. The molecule has 4 heteroatoms. The third-order valence-corrected chi connectivity index (χ3v) is 4.81. The number of benzene rings is 2. The lowest BCUT2D eigenvalue weighted by Gasteiger charge is -2.37. The Morgan fingerprint density at radius 3 is 2.52 bits per heavy atom. The van der Waals surface area contributed by atoms with E-state index >= 15 is 0 Å². The maximum Gasteiger partial charge on any atom is 0.228 e. The molecular formula is C21H20N2O2. The number of amides is 1. The first-order valence-corrected chi connectivity index (χ1v) is 8.50. The molecule has 1 aliphatic heterocycles. The minimum atomic E-state index is -0.0942. The second kappa shape index (κ2) is 6.48. The molecule has 25 heavy (non-hydrogen) atoms. The highest BCUT2D eigenvalue weighted by molar-refractivity contribution is 5.80. The van der Waals surface area contributed by atoms with Crippen LogP contribution in [0, 0.1) is 0 Å². The zero-order valence-corrected chi connectivity index (χ0v) is 13.9. The minimum Gasteiger partial charge on any atom is -0.508 e. The highest BCUT2D eigenvalue weighted by atomic mass is 16.3. The molecule has 0 saturated carbocycles. The van der Waals surface area contributed by atoms with E-state index < -0.39 is 0 Å². The van der Waals surface area contributed by atoms with Gasteiger partial charge in [-0.25, -0.2) is 0 Å². The molecule has 1 atom stereocenters. The minimum absolute atomic E-state index is 0.0304. The first-order chi connectivity index (χ1) is 12.2. The molecule has 0 bridgehead atoms. The largest absolute Gasteiger partial charge is 0.508 e. The summed E-state index contributed by atoms with van der Waals surface area (Å²) in [6.45, 7) is 1.45. The summed E-state index contributed by atoms with van der Waals surface area (Å²) >= 11 is 0. The van der Waals surface area contributed by atoms with Gasteiger partial charge in [-0.05, 0) is 23.8 Å². The Bertz CT molecular complexity index is 886. The Kier molecular flexibility index (Phi) is 4.02. The first-order valence-electron chi connectivity index (χ1n) is 8.50. The van der Waals surface area contributed by atoms with Crippen molar-refractivity contribution < 1.29 is 9.90 Å². The fourth-order valence-electron chi connectivity index (χ4n) is 3.56. The van der Waals surface area contributed by atoms with Crippen molar-refractivity contribution in [1.29, 1.82) is 0 Å². The molecule has 3 aromatic rings. The smallest absolute Gasteiger partial charge is 0.228 e.